The summed E-state index contributed by atoms with van der Waals surface area (Å²) in [5, 5.41) is 7.50. The maximum atomic E-state index is 11.1. The fraction of sp³-hybridized carbons (Fsp3) is 0.111. The number of halogens is 2. The van der Waals surface area contributed by atoms with Gasteiger partial charge in [0, 0.05) is 22.5 Å². The summed E-state index contributed by atoms with van der Waals surface area (Å²) < 4.78 is 5.87. The highest BCUT2D eigenvalue weighted by atomic mass is 35.5. The molecule has 6 heteroatoms. The number of nitrogens with zero attached hydrogens (tertiary/aromatic N) is 1. The highest BCUT2D eigenvalue weighted by Gasteiger charge is 2.05. The highest BCUT2D eigenvalue weighted by Crippen LogP contribution is 2.29. The molecule has 0 amide bonds. The van der Waals surface area contributed by atoms with Gasteiger partial charge in [0.15, 0.2) is 0 Å². The molecule has 0 aliphatic carbocycles. The summed E-state index contributed by atoms with van der Waals surface area (Å²) in [5.41, 5.74) is 2.64. The van der Waals surface area contributed by atoms with Gasteiger partial charge in [-0.2, -0.15) is 5.10 Å². The van der Waals surface area contributed by atoms with E-state index in [1.807, 2.05) is 25.1 Å². The van der Waals surface area contributed by atoms with Crippen molar-refractivity contribution < 1.29 is 4.74 Å². The first-order chi connectivity index (χ1) is 11.5. The molecule has 1 aromatic heterocycles. The third-order valence-corrected chi connectivity index (χ3v) is 3.74. The lowest BCUT2D eigenvalue weighted by atomic mass is 10.1. The SMILES string of the molecule is Cc1cc(Cc2ccc(=O)[nH]n2)cc(Oc2cc(Cl)cc(Cl)c2)c1. The number of aromatic amines is 1. The molecule has 24 heavy (non-hydrogen) atoms. The van der Waals surface area contributed by atoms with Crippen LogP contribution in [0.3, 0.4) is 0 Å². The lowest BCUT2D eigenvalue weighted by Gasteiger charge is -2.10. The van der Waals surface area contributed by atoms with Crippen molar-refractivity contribution in [3.63, 3.8) is 0 Å². The molecule has 0 aliphatic heterocycles. The number of hydrogen-bond acceptors (Lipinski definition) is 3. The Hall–Kier alpha value is -2.30. The fourth-order valence-electron chi connectivity index (χ4n) is 2.39. The van der Waals surface area contributed by atoms with Crippen LogP contribution in [0, 0.1) is 6.92 Å². The van der Waals surface area contributed by atoms with E-state index in [0.717, 1.165) is 16.8 Å². The number of hydrogen-bond donors (Lipinski definition) is 1. The molecule has 1 N–H and O–H groups in total. The third kappa shape index (κ3) is 4.37. The van der Waals surface area contributed by atoms with Crippen molar-refractivity contribution in [2.75, 3.05) is 0 Å². The molecule has 0 spiro atoms. The summed E-state index contributed by atoms with van der Waals surface area (Å²) in [7, 11) is 0. The van der Waals surface area contributed by atoms with E-state index in [1.165, 1.54) is 6.07 Å². The number of nitrogens with one attached hydrogen (secondary N) is 1. The lowest BCUT2D eigenvalue weighted by Crippen LogP contribution is -2.07. The Morgan fingerprint density at radius 3 is 2.38 bits per heavy atom. The Morgan fingerprint density at radius 2 is 1.71 bits per heavy atom. The lowest BCUT2D eigenvalue weighted by molar-refractivity contribution is 0.482. The van der Waals surface area contributed by atoms with Gasteiger partial charge in [-0.3, -0.25) is 4.79 Å². The molecule has 122 valence electrons. The topological polar surface area (TPSA) is 55.0 Å². The zero-order valence-electron chi connectivity index (χ0n) is 12.8. The van der Waals surface area contributed by atoms with Crippen LogP contribution in [0.2, 0.25) is 10.0 Å². The van der Waals surface area contributed by atoms with Crippen molar-refractivity contribution in [1.82, 2.24) is 10.2 Å². The van der Waals surface area contributed by atoms with Crippen LogP contribution in [0.5, 0.6) is 11.5 Å². The quantitative estimate of drug-likeness (QED) is 0.728. The highest BCUT2D eigenvalue weighted by molar-refractivity contribution is 6.34. The summed E-state index contributed by atoms with van der Waals surface area (Å²) in [6.45, 7) is 1.99. The van der Waals surface area contributed by atoms with Crippen molar-refractivity contribution >= 4 is 23.2 Å². The van der Waals surface area contributed by atoms with Crippen LogP contribution in [0.25, 0.3) is 0 Å². The van der Waals surface area contributed by atoms with Crippen LogP contribution in [0.1, 0.15) is 16.8 Å². The van der Waals surface area contributed by atoms with E-state index in [2.05, 4.69) is 10.2 Å². The summed E-state index contributed by atoms with van der Waals surface area (Å²) in [6, 6.07) is 14.1. The van der Waals surface area contributed by atoms with Crippen molar-refractivity contribution in [3.05, 3.63) is 85.8 Å². The second-order valence-corrected chi connectivity index (χ2v) is 6.32. The largest absolute Gasteiger partial charge is 0.457 e. The molecule has 0 radical (unpaired) electrons. The third-order valence-electron chi connectivity index (χ3n) is 3.30. The number of benzene rings is 2. The predicted molar refractivity (Wildman–Crippen MR) is 95.4 cm³/mol. The van der Waals surface area contributed by atoms with Crippen LogP contribution in [-0.4, -0.2) is 10.2 Å². The van der Waals surface area contributed by atoms with Gasteiger partial charge in [-0.15, -0.1) is 0 Å². The van der Waals surface area contributed by atoms with Gasteiger partial charge in [0.2, 0.25) is 0 Å². The minimum absolute atomic E-state index is 0.218. The minimum atomic E-state index is -0.218. The van der Waals surface area contributed by atoms with Crippen LogP contribution < -0.4 is 10.3 Å². The van der Waals surface area contributed by atoms with Crippen molar-refractivity contribution in [2.24, 2.45) is 0 Å². The van der Waals surface area contributed by atoms with E-state index in [1.54, 1.807) is 24.3 Å². The molecular weight excluding hydrogens is 347 g/mol. The number of aromatic nitrogens is 2. The van der Waals surface area contributed by atoms with Crippen molar-refractivity contribution in [2.45, 2.75) is 13.3 Å². The normalized spacial score (nSPS) is 10.6. The standard InChI is InChI=1S/C18H14Cl2N2O2/c1-11-4-12(6-15-2-3-18(23)22-21-15)7-16(5-11)24-17-9-13(19)8-14(20)10-17/h2-5,7-10H,6H2,1H3,(H,22,23). The Morgan fingerprint density at radius 1 is 1.00 bits per heavy atom. The molecule has 3 aromatic rings. The average Bonchev–Trinajstić information content (AvgIpc) is 2.48. The van der Waals surface area contributed by atoms with Gasteiger partial charge in [-0.1, -0.05) is 29.3 Å². The molecule has 3 rings (SSSR count). The average molecular weight is 361 g/mol. The van der Waals surface area contributed by atoms with E-state index in [4.69, 9.17) is 27.9 Å². The van der Waals surface area contributed by atoms with Crippen LogP contribution in [0.4, 0.5) is 0 Å². The molecule has 2 aromatic carbocycles. The summed E-state index contributed by atoms with van der Waals surface area (Å²) >= 11 is 12.0. The predicted octanol–water partition coefficient (Wildman–Crippen LogP) is 4.77. The van der Waals surface area contributed by atoms with Gasteiger partial charge in [0.05, 0.1) is 5.69 Å². The molecule has 1 heterocycles. The Labute approximate surface area is 149 Å². The molecule has 0 saturated heterocycles. The van der Waals surface area contributed by atoms with Crippen molar-refractivity contribution in [1.29, 1.82) is 0 Å². The van der Waals surface area contributed by atoms with E-state index in [-0.39, 0.29) is 5.56 Å². The molecule has 0 atom stereocenters. The Bertz CT molecular complexity index is 898. The monoisotopic (exact) mass is 360 g/mol. The maximum absolute atomic E-state index is 11.1. The number of rotatable bonds is 4. The Kier molecular flexibility index (Phi) is 4.88. The second kappa shape index (κ2) is 7.07. The smallest absolute Gasteiger partial charge is 0.264 e. The van der Waals surface area contributed by atoms with Gasteiger partial charge < -0.3 is 4.74 Å². The van der Waals surface area contributed by atoms with Gasteiger partial charge in [0.1, 0.15) is 11.5 Å². The van der Waals surface area contributed by atoms with Gasteiger partial charge in [-0.05, 0) is 54.4 Å². The van der Waals surface area contributed by atoms with Crippen LogP contribution in [-0.2, 0) is 6.42 Å². The molecule has 0 unspecified atom stereocenters. The molecule has 0 bridgehead atoms. The second-order valence-electron chi connectivity index (χ2n) is 5.45. The van der Waals surface area contributed by atoms with Gasteiger partial charge in [-0.25, -0.2) is 5.10 Å². The number of ether oxygens (including phenoxy) is 1. The van der Waals surface area contributed by atoms with Crippen LogP contribution in [0.15, 0.2) is 53.3 Å². The molecule has 0 aliphatic rings. The number of H-pyrrole nitrogens is 1. The van der Waals surface area contributed by atoms with Crippen molar-refractivity contribution in [3.8, 4) is 11.5 Å². The molecule has 0 fully saturated rings. The zero-order valence-corrected chi connectivity index (χ0v) is 14.4. The van der Waals surface area contributed by atoms with E-state index in [9.17, 15) is 4.79 Å². The van der Waals surface area contributed by atoms with E-state index < -0.39 is 0 Å². The number of aryl methyl sites for hydroxylation is 1. The molecular formula is C18H14Cl2N2O2. The first kappa shape index (κ1) is 16.6. The summed E-state index contributed by atoms with van der Waals surface area (Å²) in [5.74, 6) is 1.26. The van der Waals surface area contributed by atoms with E-state index >= 15 is 0 Å². The summed E-state index contributed by atoms with van der Waals surface area (Å²) in [6.07, 6.45) is 0.588. The van der Waals surface area contributed by atoms with Gasteiger partial charge in [0.25, 0.3) is 5.56 Å². The van der Waals surface area contributed by atoms with Gasteiger partial charge >= 0.3 is 0 Å². The molecule has 4 nitrogen and oxygen atoms in total. The fourth-order valence-corrected chi connectivity index (χ4v) is 2.90. The molecule has 0 saturated carbocycles. The van der Waals surface area contributed by atoms with E-state index in [0.29, 0.717) is 28.0 Å². The first-order valence-electron chi connectivity index (χ1n) is 7.27. The first-order valence-corrected chi connectivity index (χ1v) is 8.03. The zero-order chi connectivity index (χ0) is 17.1. The maximum Gasteiger partial charge on any atom is 0.264 e. The summed E-state index contributed by atoms with van der Waals surface area (Å²) in [4.78, 5) is 11.1. The van der Waals surface area contributed by atoms with Crippen LogP contribution >= 0.6 is 23.2 Å². The Balaban J connectivity index is 1.85. The minimum Gasteiger partial charge on any atom is -0.457 e.